The number of rotatable bonds is 6. The number of ether oxygens (including phenoxy) is 1. The minimum Gasteiger partial charge on any atom is -0.482 e. The van der Waals surface area contributed by atoms with Gasteiger partial charge in [-0.3, -0.25) is 9.78 Å². The molecule has 0 fully saturated rings. The molecule has 0 bridgehead atoms. The zero-order chi connectivity index (χ0) is 21.2. The molecule has 0 N–H and O–H groups in total. The van der Waals surface area contributed by atoms with E-state index in [-0.39, 0.29) is 12.2 Å². The summed E-state index contributed by atoms with van der Waals surface area (Å²) in [5.74, 6) is 1.26. The van der Waals surface area contributed by atoms with Gasteiger partial charge in [-0.25, -0.2) is 4.98 Å². The summed E-state index contributed by atoms with van der Waals surface area (Å²) in [7, 11) is 0. The number of aromatic nitrogens is 2. The predicted octanol–water partition coefficient (Wildman–Crippen LogP) is 5.62. The van der Waals surface area contributed by atoms with Gasteiger partial charge in [-0.2, -0.15) is 0 Å². The Hall–Kier alpha value is -3.99. The van der Waals surface area contributed by atoms with Crippen molar-refractivity contribution in [3.8, 4) is 17.2 Å². The summed E-state index contributed by atoms with van der Waals surface area (Å²) in [6.45, 7) is 1.79. The van der Waals surface area contributed by atoms with Crippen molar-refractivity contribution < 1.29 is 13.9 Å². The molecule has 1 atom stereocenters. The maximum atomic E-state index is 12.8. The van der Waals surface area contributed by atoms with Crippen LogP contribution in [0, 0.1) is 0 Å². The lowest BCUT2D eigenvalue weighted by molar-refractivity contribution is -0.124. The minimum absolute atomic E-state index is 0.00476. The molecule has 5 heteroatoms. The number of nitrogens with zero attached hydrogens (tertiary/aromatic N) is 2. The van der Waals surface area contributed by atoms with Gasteiger partial charge in [0.25, 0.3) is 0 Å². The molecular weight excluding hydrogens is 388 g/mol. The van der Waals surface area contributed by atoms with Crippen LogP contribution in [0.4, 0.5) is 0 Å². The van der Waals surface area contributed by atoms with Crippen LogP contribution in [0.1, 0.15) is 12.5 Å². The lowest BCUT2D eigenvalue weighted by atomic mass is 10.1. The molecule has 152 valence electrons. The molecule has 0 aliphatic carbocycles. The number of hydrogen-bond donors (Lipinski definition) is 0. The first-order valence-corrected chi connectivity index (χ1v) is 10.1. The second-order valence-corrected chi connectivity index (χ2v) is 7.44. The van der Waals surface area contributed by atoms with Gasteiger partial charge in [0.15, 0.2) is 17.5 Å². The second-order valence-electron chi connectivity index (χ2n) is 7.44. The van der Waals surface area contributed by atoms with E-state index in [2.05, 4.69) is 9.97 Å². The Kier molecular flexibility index (Phi) is 4.92. The van der Waals surface area contributed by atoms with Gasteiger partial charge < -0.3 is 9.15 Å². The molecule has 31 heavy (non-hydrogen) atoms. The molecule has 2 aromatic heterocycles. The van der Waals surface area contributed by atoms with Crippen LogP contribution in [0.15, 0.2) is 89.6 Å². The van der Waals surface area contributed by atoms with E-state index in [0.29, 0.717) is 17.2 Å². The smallest absolute Gasteiger partial charge is 0.227 e. The van der Waals surface area contributed by atoms with Gasteiger partial charge in [0.1, 0.15) is 11.3 Å². The number of pyridine rings is 1. The molecule has 0 radical (unpaired) electrons. The third-order valence-corrected chi connectivity index (χ3v) is 5.26. The first-order chi connectivity index (χ1) is 15.2. The molecule has 0 aliphatic heterocycles. The third-order valence-electron chi connectivity index (χ3n) is 5.26. The van der Waals surface area contributed by atoms with E-state index in [1.54, 1.807) is 19.3 Å². The van der Waals surface area contributed by atoms with Crippen molar-refractivity contribution in [1.82, 2.24) is 9.97 Å². The molecule has 1 unspecified atom stereocenters. The van der Waals surface area contributed by atoms with Crippen LogP contribution >= 0.6 is 0 Å². The fraction of sp³-hybridized carbons (Fsp3) is 0.115. The Bertz CT molecular complexity index is 1370. The quantitative estimate of drug-likeness (QED) is 0.365. The molecule has 0 amide bonds. The Morgan fingerprint density at radius 1 is 1.00 bits per heavy atom. The molecule has 5 aromatic rings. The van der Waals surface area contributed by atoms with Gasteiger partial charge in [-0.1, -0.05) is 42.5 Å². The first-order valence-electron chi connectivity index (χ1n) is 10.1. The van der Waals surface area contributed by atoms with Gasteiger partial charge in [-0.15, -0.1) is 0 Å². The molecule has 0 spiro atoms. The topological polar surface area (TPSA) is 65.2 Å². The minimum atomic E-state index is -0.564. The van der Waals surface area contributed by atoms with Gasteiger partial charge in [0.2, 0.25) is 5.89 Å². The van der Waals surface area contributed by atoms with E-state index < -0.39 is 6.10 Å². The van der Waals surface area contributed by atoms with E-state index in [4.69, 9.17) is 9.15 Å². The molecule has 5 rings (SSSR count). The summed E-state index contributed by atoms with van der Waals surface area (Å²) in [6.07, 6.45) is 3.10. The number of carbonyl (C=O) groups excluding carboxylic acids is 1. The number of fused-ring (bicyclic) bond motifs is 2. The van der Waals surface area contributed by atoms with Crippen molar-refractivity contribution >= 4 is 27.7 Å². The van der Waals surface area contributed by atoms with Crippen LogP contribution in [-0.2, 0) is 11.2 Å². The van der Waals surface area contributed by atoms with Gasteiger partial charge in [0, 0.05) is 29.8 Å². The molecule has 3 aromatic carbocycles. The number of oxazole rings is 1. The fourth-order valence-corrected chi connectivity index (χ4v) is 3.60. The van der Waals surface area contributed by atoms with Crippen LogP contribution in [0.5, 0.6) is 5.75 Å². The Morgan fingerprint density at radius 2 is 1.81 bits per heavy atom. The zero-order valence-corrected chi connectivity index (χ0v) is 17.0. The zero-order valence-electron chi connectivity index (χ0n) is 17.0. The molecule has 0 aliphatic rings. The lowest BCUT2D eigenvalue weighted by Gasteiger charge is -2.15. The van der Waals surface area contributed by atoms with Crippen molar-refractivity contribution in [2.75, 3.05) is 0 Å². The third kappa shape index (κ3) is 3.90. The van der Waals surface area contributed by atoms with Crippen LogP contribution < -0.4 is 4.74 Å². The van der Waals surface area contributed by atoms with Crippen LogP contribution in [0.25, 0.3) is 33.3 Å². The van der Waals surface area contributed by atoms with E-state index in [1.807, 2.05) is 72.8 Å². The second kappa shape index (κ2) is 8.03. The lowest BCUT2D eigenvalue weighted by Crippen LogP contribution is -2.25. The highest BCUT2D eigenvalue weighted by atomic mass is 16.5. The Balaban J connectivity index is 1.33. The van der Waals surface area contributed by atoms with Crippen molar-refractivity contribution in [3.63, 3.8) is 0 Å². The van der Waals surface area contributed by atoms with Crippen molar-refractivity contribution in [2.45, 2.75) is 19.4 Å². The standard InChI is InChI=1S/C26H20N2O3/c1-17(30-24-8-4-6-19-5-2-3-7-21(19)24)23(29)16-18-9-10-25-22(15-18)28-26(31-25)20-11-13-27-14-12-20/h2-15,17H,16H2,1H3. The molecular formula is C26H20N2O3. The molecule has 2 heterocycles. The van der Waals surface area contributed by atoms with E-state index >= 15 is 0 Å². The largest absolute Gasteiger partial charge is 0.482 e. The number of hydrogen-bond acceptors (Lipinski definition) is 5. The summed E-state index contributed by atoms with van der Waals surface area (Å²) >= 11 is 0. The fourth-order valence-electron chi connectivity index (χ4n) is 3.60. The maximum Gasteiger partial charge on any atom is 0.227 e. The van der Waals surface area contributed by atoms with Crippen molar-refractivity contribution in [3.05, 3.63) is 90.8 Å². The SMILES string of the molecule is CC(Oc1cccc2ccccc12)C(=O)Cc1ccc2oc(-c3ccncc3)nc2c1. The van der Waals surface area contributed by atoms with E-state index in [0.717, 1.165) is 27.4 Å². The first kappa shape index (κ1) is 19.0. The maximum absolute atomic E-state index is 12.8. The number of Topliss-reactive ketones (excluding diaryl/α,β-unsaturated/α-hetero) is 1. The van der Waals surface area contributed by atoms with Crippen LogP contribution in [-0.4, -0.2) is 21.9 Å². The summed E-state index contributed by atoms with van der Waals surface area (Å²) in [5, 5.41) is 2.08. The Labute approximate surface area is 179 Å². The molecule has 0 saturated carbocycles. The predicted molar refractivity (Wildman–Crippen MR) is 120 cm³/mol. The van der Waals surface area contributed by atoms with Gasteiger partial charge >= 0.3 is 0 Å². The highest BCUT2D eigenvalue weighted by Gasteiger charge is 2.17. The normalized spacial score (nSPS) is 12.2. The van der Waals surface area contributed by atoms with Crippen molar-refractivity contribution in [1.29, 1.82) is 0 Å². The van der Waals surface area contributed by atoms with E-state index in [9.17, 15) is 4.79 Å². The number of ketones is 1. The average Bonchev–Trinajstić information content (AvgIpc) is 3.23. The molecule has 5 nitrogen and oxygen atoms in total. The summed E-state index contributed by atoms with van der Waals surface area (Å²) in [4.78, 5) is 21.4. The monoisotopic (exact) mass is 408 g/mol. The summed E-state index contributed by atoms with van der Waals surface area (Å²) < 4.78 is 11.9. The van der Waals surface area contributed by atoms with Crippen LogP contribution in [0.2, 0.25) is 0 Å². The highest BCUT2D eigenvalue weighted by molar-refractivity contribution is 5.90. The van der Waals surface area contributed by atoms with Crippen LogP contribution in [0.3, 0.4) is 0 Å². The van der Waals surface area contributed by atoms with Gasteiger partial charge in [-0.05, 0) is 48.2 Å². The average molecular weight is 408 g/mol. The van der Waals surface area contributed by atoms with Gasteiger partial charge in [0.05, 0.1) is 0 Å². The number of carbonyl (C=O) groups is 1. The summed E-state index contributed by atoms with van der Waals surface area (Å²) in [5.41, 5.74) is 3.14. The van der Waals surface area contributed by atoms with Crippen molar-refractivity contribution in [2.24, 2.45) is 0 Å². The molecule has 0 saturated heterocycles. The number of benzene rings is 3. The summed E-state index contributed by atoms with van der Waals surface area (Å²) in [6, 6.07) is 23.2. The Morgan fingerprint density at radius 3 is 2.68 bits per heavy atom. The van der Waals surface area contributed by atoms with E-state index in [1.165, 1.54) is 0 Å². The highest BCUT2D eigenvalue weighted by Crippen LogP contribution is 2.27.